The molecule has 6 unspecified atom stereocenters. The van der Waals surface area contributed by atoms with Crippen LogP contribution in [-0.4, -0.2) is 48.0 Å². The molecule has 0 radical (unpaired) electrons. The molecule has 192 valence electrons. The zero-order valence-corrected chi connectivity index (χ0v) is 29.5. The molecule has 10 aliphatic rings. The van der Waals surface area contributed by atoms with Crippen LogP contribution in [0.25, 0.3) is 0 Å². The first-order valence-corrected chi connectivity index (χ1v) is 31.8. The van der Waals surface area contributed by atoms with E-state index in [0.717, 1.165) is 52.0 Å². The van der Waals surface area contributed by atoms with Gasteiger partial charge in [0.05, 0.1) is 0 Å². The molecular formula is C30H54B2Si2Sn. The first kappa shape index (κ1) is 24.2. The molecule has 5 heteroatoms. The van der Waals surface area contributed by atoms with Gasteiger partial charge < -0.3 is 0 Å². The van der Waals surface area contributed by atoms with E-state index in [1.807, 2.05) is 0 Å². The molecule has 4 aliphatic carbocycles. The molecule has 2 spiro atoms. The van der Waals surface area contributed by atoms with Gasteiger partial charge in [0, 0.05) is 0 Å². The third-order valence-electron chi connectivity index (χ3n) is 16.0. The second-order valence-electron chi connectivity index (χ2n) is 19.1. The zero-order chi connectivity index (χ0) is 24.6. The van der Waals surface area contributed by atoms with Crippen LogP contribution in [0.5, 0.6) is 0 Å². The van der Waals surface area contributed by atoms with Gasteiger partial charge in [-0.05, 0) is 0 Å². The van der Waals surface area contributed by atoms with Gasteiger partial charge in [0.1, 0.15) is 0 Å². The Hall–Kier alpha value is 1.36. The van der Waals surface area contributed by atoms with E-state index in [4.69, 9.17) is 0 Å². The Morgan fingerprint density at radius 1 is 0.514 bits per heavy atom. The number of hydrogen-bond donors (Lipinski definition) is 0. The van der Waals surface area contributed by atoms with Crippen LogP contribution in [0.4, 0.5) is 0 Å². The molecule has 6 saturated heterocycles. The average molecular weight is 611 g/mol. The van der Waals surface area contributed by atoms with Crippen LogP contribution in [0.3, 0.4) is 0 Å². The summed E-state index contributed by atoms with van der Waals surface area (Å²) in [6, 6.07) is 0. The van der Waals surface area contributed by atoms with E-state index in [9.17, 15) is 0 Å². The third kappa shape index (κ3) is 2.28. The Labute approximate surface area is 224 Å². The van der Waals surface area contributed by atoms with Gasteiger partial charge in [-0.2, -0.15) is 0 Å². The fourth-order valence-corrected chi connectivity index (χ4v) is 82.5. The van der Waals surface area contributed by atoms with Gasteiger partial charge in [0.25, 0.3) is 0 Å². The summed E-state index contributed by atoms with van der Waals surface area (Å²) >= 11 is -2.67. The molecule has 0 aromatic rings. The fraction of sp³-hybridized carbons (Fsp3) is 1.00. The normalized spacial score (nSPS) is 56.9. The van der Waals surface area contributed by atoms with Crippen LogP contribution in [0, 0.1) is 35.5 Å². The van der Waals surface area contributed by atoms with Gasteiger partial charge in [0.15, 0.2) is 0 Å². The van der Waals surface area contributed by atoms with E-state index < -0.39 is 34.5 Å². The molecule has 10 bridgehead atoms. The van der Waals surface area contributed by atoms with E-state index >= 15 is 0 Å². The van der Waals surface area contributed by atoms with E-state index in [1.165, 1.54) is 13.4 Å². The number of rotatable bonds is 2. The molecule has 0 nitrogen and oxygen atoms in total. The first-order valence-electron chi connectivity index (χ1n) is 16.2. The summed E-state index contributed by atoms with van der Waals surface area (Å²) in [5.41, 5.74) is 0. The van der Waals surface area contributed by atoms with Crippen molar-refractivity contribution in [3.8, 4) is 0 Å². The minimum atomic E-state index is -2.67. The Kier molecular flexibility index (Phi) is 4.58. The van der Waals surface area contributed by atoms with Gasteiger partial charge in [0.2, 0.25) is 0 Å². The molecule has 6 aliphatic heterocycles. The molecule has 35 heavy (non-hydrogen) atoms. The maximum atomic E-state index is 3.20. The van der Waals surface area contributed by atoms with Gasteiger partial charge in [-0.1, -0.05) is 0 Å². The Morgan fingerprint density at radius 2 is 0.800 bits per heavy atom. The van der Waals surface area contributed by atoms with Crippen molar-refractivity contribution < 1.29 is 0 Å². The van der Waals surface area contributed by atoms with Crippen molar-refractivity contribution in [3.05, 3.63) is 0 Å². The van der Waals surface area contributed by atoms with Crippen molar-refractivity contribution >= 4 is 48.0 Å². The number of fused-ring (bicyclic) bond motifs is 2. The van der Waals surface area contributed by atoms with Crippen molar-refractivity contribution in [2.45, 2.75) is 143 Å². The topological polar surface area (TPSA) is 0 Å². The van der Waals surface area contributed by atoms with Crippen LogP contribution in [0.2, 0.25) is 78.3 Å². The van der Waals surface area contributed by atoms with Crippen LogP contribution in [0.1, 0.15) is 64.2 Å². The molecule has 6 atom stereocenters. The summed E-state index contributed by atoms with van der Waals surface area (Å²) in [6.07, 6.45) is 20.2. The van der Waals surface area contributed by atoms with Gasteiger partial charge >= 0.3 is 226 Å². The summed E-state index contributed by atoms with van der Waals surface area (Å²) in [7, 11) is -2.82. The fourth-order valence-electron chi connectivity index (χ4n) is 18.3. The van der Waals surface area contributed by atoms with Gasteiger partial charge in [-0.15, -0.1) is 0 Å². The van der Waals surface area contributed by atoms with E-state index in [-0.39, 0.29) is 0 Å². The third-order valence-corrected chi connectivity index (χ3v) is 59.8. The first-order chi connectivity index (χ1) is 16.2. The summed E-state index contributed by atoms with van der Waals surface area (Å²) in [5, 5.41) is 1.60. The second-order valence-corrected chi connectivity index (χ2v) is 46.3. The zero-order valence-electron chi connectivity index (χ0n) is 24.6. The molecule has 10 rings (SSSR count). The van der Waals surface area contributed by atoms with Gasteiger partial charge in [-0.25, -0.2) is 0 Å². The predicted octanol–water partition coefficient (Wildman–Crippen LogP) is 9.19. The predicted molar refractivity (Wildman–Crippen MR) is 163 cm³/mol. The van der Waals surface area contributed by atoms with Crippen molar-refractivity contribution in [3.63, 3.8) is 0 Å². The van der Waals surface area contributed by atoms with Crippen molar-refractivity contribution in [1.82, 2.24) is 0 Å². The van der Waals surface area contributed by atoms with Crippen molar-refractivity contribution in [2.75, 3.05) is 0 Å². The monoisotopic (exact) mass is 612 g/mol. The summed E-state index contributed by atoms with van der Waals surface area (Å²) < 4.78 is 1.77. The summed E-state index contributed by atoms with van der Waals surface area (Å²) in [6.45, 7) is 20.2. The maximum absolute atomic E-state index is 3.20. The molecular weight excluding hydrogens is 557 g/mol. The van der Waals surface area contributed by atoms with E-state index in [0.29, 0.717) is 0 Å². The number of hydrogen-bond acceptors (Lipinski definition) is 0. The molecule has 6 heterocycles. The Bertz CT molecular complexity index is 878. The Morgan fingerprint density at radius 3 is 1.09 bits per heavy atom. The molecule has 0 amide bonds. The molecule has 10 fully saturated rings. The summed E-state index contributed by atoms with van der Waals surface area (Å²) in [4.78, 5) is 6.39. The van der Waals surface area contributed by atoms with Crippen molar-refractivity contribution in [2.24, 2.45) is 35.5 Å². The van der Waals surface area contributed by atoms with E-state index in [1.54, 1.807) is 76.8 Å². The Balaban J connectivity index is 1.52. The standard InChI is InChI=1S/C28H48B2Si2.2CH3.Sn/c1-31(2,3)25-27-13-19-7-20(14-27)10-24(9-19)18-30(27)26(32(4,5)6)28-15-21-8-22(16-28)12-23(11-21)17-29(25)28;;;/h19-24H,7-18H2,1-6H3;2*1H3;. The molecule has 0 N–H and O–H groups in total. The quantitative estimate of drug-likeness (QED) is 0.273. The van der Waals surface area contributed by atoms with Crippen LogP contribution < -0.4 is 0 Å². The molecule has 0 aromatic carbocycles. The van der Waals surface area contributed by atoms with Crippen LogP contribution in [0.15, 0.2) is 0 Å². The van der Waals surface area contributed by atoms with Crippen LogP contribution >= 0.6 is 0 Å². The molecule has 0 aromatic heterocycles. The van der Waals surface area contributed by atoms with E-state index in [2.05, 4.69) is 49.2 Å². The van der Waals surface area contributed by atoms with Crippen molar-refractivity contribution in [1.29, 1.82) is 0 Å². The average Bonchev–Trinajstić information content (AvgIpc) is 2.81. The molecule has 4 saturated carbocycles. The van der Waals surface area contributed by atoms with Crippen LogP contribution in [-0.2, 0) is 0 Å². The minimum absolute atomic E-state index is 0.799. The van der Waals surface area contributed by atoms with Gasteiger partial charge in [-0.3, -0.25) is 0 Å². The summed E-state index contributed by atoms with van der Waals surface area (Å²) in [5.74, 6) is 6.74. The second kappa shape index (κ2) is 6.63. The SMILES string of the molecule is C[Si](C)(C)[C]12B3CC4CC5CC(C4)CC3(C5)[C]([Si](C)(C)C)(B3CC4CC5CC(C4)CC31C5)[Sn]2([CH3])[CH3].